The minimum absolute atomic E-state index is 1.01. The van der Waals surface area contributed by atoms with Gasteiger partial charge in [0.05, 0.1) is 8.07 Å². The third-order valence-corrected chi connectivity index (χ3v) is 6.72. The molecule has 0 bridgehead atoms. The topological polar surface area (TPSA) is 3.24 Å². The summed E-state index contributed by atoms with van der Waals surface area (Å²) in [5, 5.41) is 1.58. The van der Waals surface area contributed by atoms with E-state index in [1.165, 1.54) is 50.9 Å². The molecule has 1 nitrogen and oxygen atoms in total. The Balaban J connectivity index is 1.61. The number of rotatable bonds is 7. The van der Waals surface area contributed by atoms with Crippen LogP contribution in [0.1, 0.15) is 31.2 Å². The average Bonchev–Trinajstić information content (AvgIpc) is 3.25. The lowest BCUT2D eigenvalue weighted by Gasteiger charge is -2.23. The fourth-order valence-corrected chi connectivity index (χ4v) is 4.07. The molecule has 0 heterocycles. The van der Waals surface area contributed by atoms with E-state index in [1.54, 1.807) is 5.19 Å². The maximum Gasteiger partial charge on any atom is 0.0775 e. The standard InChI is InChI=1S/C18H29NSi/c1-20(2,3)18-10-8-17(9-11-18)14-19(12-15-4-5-15)13-16-6-7-16/h8-11,15-16H,4-7,12-14H2,1-3H3. The molecule has 20 heavy (non-hydrogen) atoms. The number of hydrogen-bond donors (Lipinski definition) is 0. The Labute approximate surface area is 125 Å². The molecule has 1 aromatic carbocycles. The highest BCUT2D eigenvalue weighted by Gasteiger charge is 2.29. The van der Waals surface area contributed by atoms with E-state index in [-0.39, 0.29) is 0 Å². The smallest absolute Gasteiger partial charge is 0.0775 e. The molecule has 0 atom stereocenters. The van der Waals surface area contributed by atoms with E-state index >= 15 is 0 Å². The van der Waals surface area contributed by atoms with Gasteiger partial charge in [-0.15, -0.1) is 0 Å². The van der Waals surface area contributed by atoms with Crippen LogP contribution in [-0.4, -0.2) is 26.1 Å². The van der Waals surface area contributed by atoms with Crippen molar-refractivity contribution in [1.82, 2.24) is 4.90 Å². The zero-order valence-corrected chi connectivity index (χ0v) is 14.4. The van der Waals surface area contributed by atoms with Gasteiger partial charge in [-0.2, -0.15) is 0 Å². The van der Waals surface area contributed by atoms with E-state index in [2.05, 4.69) is 48.8 Å². The van der Waals surface area contributed by atoms with Gasteiger partial charge in [-0.25, -0.2) is 0 Å². The van der Waals surface area contributed by atoms with Crippen LogP contribution in [0.2, 0.25) is 19.6 Å². The van der Waals surface area contributed by atoms with Crippen molar-refractivity contribution >= 4 is 13.3 Å². The third-order valence-electron chi connectivity index (χ3n) is 4.65. The molecule has 110 valence electrons. The van der Waals surface area contributed by atoms with Gasteiger partial charge in [0.15, 0.2) is 0 Å². The van der Waals surface area contributed by atoms with Crippen LogP contribution in [0.4, 0.5) is 0 Å². The van der Waals surface area contributed by atoms with Gasteiger partial charge in [-0.1, -0.05) is 49.1 Å². The molecule has 2 fully saturated rings. The summed E-state index contributed by atoms with van der Waals surface area (Å²) >= 11 is 0. The molecule has 0 N–H and O–H groups in total. The van der Waals surface area contributed by atoms with Crippen LogP contribution < -0.4 is 5.19 Å². The first-order valence-corrected chi connectivity index (χ1v) is 11.8. The van der Waals surface area contributed by atoms with Gasteiger partial charge in [-0.3, -0.25) is 4.90 Å². The summed E-state index contributed by atoms with van der Waals surface area (Å²) in [4.78, 5) is 2.72. The molecule has 1 aromatic rings. The summed E-state index contributed by atoms with van der Waals surface area (Å²) in [6.07, 6.45) is 5.87. The molecule has 0 aliphatic heterocycles. The van der Waals surface area contributed by atoms with Gasteiger partial charge in [0.1, 0.15) is 0 Å². The predicted octanol–water partition coefficient (Wildman–Crippen LogP) is 3.85. The zero-order valence-electron chi connectivity index (χ0n) is 13.4. The minimum atomic E-state index is -1.14. The molecule has 0 aromatic heterocycles. The second kappa shape index (κ2) is 5.65. The highest BCUT2D eigenvalue weighted by atomic mass is 28.3. The zero-order chi connectivity index (χ0) is 14.2. The SMILES string of the molecule is C[Si](C)(C)c1ccc(CN(CC2CC2)CC2CC2)cc1. The Bertz CT molecular complexity index is 423. The van der Waals surface area contributed by atoms with E-state index in [0.29, 0.717) is 0 Å². The largest absolute Gasteiger partial charge is 0.299 e. The van der Waals surface area contributed by atoms with E-state index in [9.17, 15) is 0 Å². The molecular weight excluding hydrogens is 258 g/mol. The van der Waals surface area contributed by atoms with Crippen LogP contribution in [0.15, 0.2) is 24.3 Å². The lowest BCUT2D eigenvalue weighted by Crippen LogP contribution is -2.37. The van der Waals surface area contributed by atoms with Crippen LogP contribution in [0.3, 0.4) is 0 Å². The molecule has 0 unspecified atom stereocenters. The minimum Gasteiger partial charge on any atom is -0.299 e. The summed E-state index contributed by atoms with van der Waals surface area (Å²) in [6.45, 7) is 11.1. The molecule has 2 aliphatic rings. The molecule has 0 saturated heterocycles. The van der Waals surface area contributed by atoms with E-state index in [0.717, 1.165) is 11.8 Å². The highest BCUT2D eigenvalue weighted by molar-refractivity contribution is 6.88. The highest BCUT2D eigenvalue weighted by Crippen LogP contribution is 2.34. The Kier molecular flexibility index (Phi) is 4.05. The first kappa shape index (κ1) is 14.3. The van der Waals surface area contributed by atoms with Gasteiger partial charge >= 0.3 is 0 Å². The summed E-state index contributed by atoms with van der Waals surface area (Å²) < 4.78 is 0. The normalized spacial score (nSPS) is 19.6. The van der Waals surface area contributed by atoms with Crippen molar-refractivity contribution in [2.24, 2.45) is 11.8 Å². The Morgan fingerprint density at radius 1 is 0.900 bits per heavy atom. The van der Waals surface area contributed by atoms with Gasteiger partial charge in [-0.05, 0) is 43.1 Å². The number of nitrogens with zero attached hydrogens (tertiary/aromatic N) is 1. The quantitative estimate of drug-likeness (QED) is 0.689. The summed E-state index contributed by atoms with van der Waals surface area (Å²) in [6, 6.07) is 9.52. The fraction of sp³-hybridized carbons (Fsp3) is 0.667. The van der Waals surface area contributed by atoms with Crippen molar-refractivity contribution in [2.45, 2.75) is 51.9 Å². The fourth-order valence-electron chi connectivity index (χ4n) is 2.90. The lowest BCUT2D eigenvalue weighted by atomic mass is 10.2. The molecule has 2 aliphatic carbocycles. The van der Waals surface area contributed by atoms with Crippen molar-refractivity contribution in [1.29, 1.82) is 0 Å². The molecule has 0 spiro atoms. The second-order valence-corrected chi connectivity index (χ2v) is 13.1. The first-order valence-electron chi connectivity index (χ1n) is 8.32. The van der Waals surface area contributed by atoms with Crippen LogP contribution in [0, 0.1) is 11.8 Å². The molecular formula is C18H29NSi. The Morgan fingerprint density at radius 3 is 1.80 bits per heavy atom. The van der Waals surface area contributed by atoms with Crippen molar-refractivity contribution in [3.8, 4) is 0 Å². The predicted molar refractivity (Wildman–Crippen MR) is 90.1 cm³/mol. The summed E-state index contributed by atoms with van der Waals surface area (Å²) in [5.41, 5.74) is 1.51. The molecule has 0 amide bonds. The van der Waals surface area contributed by atoms with Crippen LogP contribution >= 0.6 is 0 Å². The lowest BCUT2D eigenvalue weighted by molar-refractivity contribution is 0.244. The third kappa shape index (κ3) is 4.19. The van der Waals surface area contributed by atoms with E-state index in [4.69, 9.17) is 0 Å². The van der Waals surface area contributed by atoms with Crippen molar-refractivity contribution in [2.75, 3.05) is 13.1 Å². The van der Waals surface area contributed by atoms with E-state index in [1.807, 2.05) is 0 Å². The van der Waals surface area contributed by atoms with Crippen LogP contribution in [-0.2, 0) is 6.54 Å². The van der Waals surface area contributed by atoms with Crippen molar-refractivity contribution < 1.29 is 0 Å². The van der Waals surface area contributed by atoms with E-state index < -0.39 is 8.07 Å². The molecule has 2 saturated carbocycles. The number of hydrogen-bond acceptors (Lipinski definition) is 1. The van der Waals surface area contributed by atoms with Gasteiger partial charge in [0, 0.05) is 19.6 Å². The van der Waals surface area contributed by atoms with Crippen LogP contribution in [0.5, 0.6) is 0 Å². The molecule has 3 rings (SSSR count). The van der Waals surface area contributed by atoms with Gasteiger partial charge in [0.25, 0.3) is 0 Å². The molecule has 2 heteroatoms. The maximum absolute atomic E-state index is 2.72. The maximum atomic E-state index is 2.72. The monoisotopic (exact) mass is 287 g/mol. The summed E-state index contributed by atoms with van der Waals surface area (Å²) in [7, 11) is -1.14. The number of benzene rings is 1. The van der Waals surface area contributed by atoms with Gasteiger partial charge < -0.3 is 0 Å². The average molecular weight is 288 g/mol. The van der Waals surface area contributed by atoms with Crippen molar-refractivity contribution in [3.63, 3.8) is 0 Å². The summed E-state index contributed by atoms with van der Waals surface area (Å²) in [5.74, 6) is 2.02. The van der Waals surface area contributed by atoms with Gasteiger partial charge in [0.2, 0.25) is 0 Å². The van der Waals surface area contributed by atoms with Crippen molar-refractivity contribution in [3.05, 3.63) is 29.8 Å². The van der Waals surface area contributed by atoms with Crippen LogP contribution in [0.25, 0.3) is 0 Å². The first-order chi connectivity index (χ1) is 9.50. The molecule has 0 radical (unpaired) electrons. The Hall–Kier alpha value is -0.603. The Morgan fingerprint density at radius 2 is 1.40 bits per heavy atom. The second-order valence-electron chi connectivity index (χ2n) is 8.03.